The molecule has 0 aromatic heterocycles. The molecule has 12 heteroatoms. The molecule has 0 bridgehead atoms. The van der Waals surface area contributed by atoms with Crippen LogP contribution in [0, 0.1) is 5.92 Å². The molecule has 31 heavy (non-hydrogen) atoms. The monoisotopic (exact) mass is 469 g/mol. The molecular weight excluding hydrogens is 443 g/mol. The molecule has 0 spiro atoms. The lowest BCUT2D eigenvalue weighted by molar-refractivity contribution is -0.441. The minimum absolute atomic E-state index is 0.0724. The highest BCUT2D eigenvalue weighted by Crippen LogP contribution is 2.28. The summed E-state index contributed by atoms with van der Waals surface area (Å²) >= 11 is -0.120. The lowest BCUT2D eigenvalue weighted by atomic mass is 10.1. The first-order valence-electron chi connectivity index (χ1n) is 9.16. The van der Waals surface area contributed by atoms with E-state index < -0.39 is 24.0 Å². The topological polar surface area (TPSA) is 83.5 Å². The maximum Gasteiger partial charge on any atom is 0.550 e. The van der Waals surface area contributed by atoms with E-state index in [0.717, 1.165) is 7.11 Å². The number of halogens is 3. The van der Waals surface area contributed by atoms with Crippen molar-refractivity contribution in [2.24, 2.45) is 5.92 Å². The summed E-state index contributed by atoms with van der Waals surface area (Å²) in [5.41, 5.74) is -0.204. The lowest BCUT2D eigenvalue weighted by Gasteiger charge is -2.28. The third-order valence-corrected chi connectivity index (χ3v) is 3.71. The Balaban J connectivity index is 3.02. The van der Waals surface area contributed by atoms with Gasteiger partial charge in [-0.25, -0.2) is 9.59 Å². The van der Waals surface area contributed by atoms with Crippen LogP contribution in [0.1, 0.15) is 50.5 Å². The second-order valence-electron chi connectivity index (χ2n) is 7.83. The van der Waals surface area contributed by atoms with Gasteiger partial charge in [-0.3, -0.25) is 0 Å². The van der Waals surface area contributed by atoms with E-state index in [1.54, 1.807) is 26.8 Å². The van der Waals surface area contributed by atoms with Crippen LogP contribution in [0.2, 0.25) is 0 Å². The van der Waals surface area contributed by atoms with Crippen molar-refractivity contribution in [2.45, 2.75) is 53.1 Å². The van der Waals surface area contributed by atoms with E-state index >= 15 is 0 Å². The first-order valence-corrected chi connectivity index (χ1v) is 9.83. The maximum atomic E-state index is 12.6. The third-order valence-electron chi connectivity index (χ3n) is 3.34. The third kappa shape index (κ3) is 10.6. The Morgan fingerprint density at radius 3 is 2.32 bits per heavy atom. The van der Waals surface area contributed by atoms with Gasteiger partial charge in [-0.15, -0.1) is 22.4 Å². The van der Waals surface area contributed by atoms with Gasteiger partial charge >= 0.3 is 18.4 Å². The van der Waals surface area contributed by atoms with Crippen molar-refractivity contribution in [3.63, 3.8) is 0 Å². The van der Waals surface area contributed by atoms with E-state index in [4.69, 9.17) is 8.92 Å². The second kappa shape index (κ2) is 11.4. The smallest absolute Gasteiger partial charge is 0.465 e. The average molecular weight is 469 g/mol. The van der Waals surface area contributed by atoms with Gasteiger partial charge in [-0.2, -0.15) is 0 Å². The fraction of sp³-hybridized carbons (Fsp3) is 0.579. The van der Waals surface area contributed by atoms with Crippen LogP contribution in [-0.2, 0) is 25.2 Å². The molecule has 0 aliphatic rings. The highest BCUT2D eigenvalue weighted by atomic mass is 32.2. The number of ether oxygens (including phenoxy) is 2. The highest BCUT2D eigenvalue weighted by Gasteiger charge is 2.32. The number of alkyl halides is 3. The van der Waals surface area contributed by atoms with Crippen LogP contribution in [0.15, 0.2) is 18.2 Å². The molecular formula is C19H26F3NO7S. The van der Waals surface area contributed by atoms with Gasteiger partial charge in [0.1, 0.15) is 11.2 Å². The number of carbonyl (C=O) groups is 2. The predicted molar refractivity (Wildman–Crippen MR) is 106 cm³/mol. The van der Waals surface area contributed by atoms with E-state index in [0.29, 0.717) is 12.1 Å². The molecule has 0 aliphatic carbocycles. The summed E-state index contributed by atoms with van der Waals surface area (Å²) in [7, 11) is 1.14. The van der Waals surface area contributed by atoms with Crippen LogP contribution >= 0.6 is 12.3 Å². The minimum atomic E-state index is -5.01. The molecule has 0 atom stereocenters. The molecule has 0 saturated carbocycles. The Hall–Kier alpha value is -2.18. The van der Waals surface area contributed by atoms with Crippen LogP contribution in [0.4, 0.5) is 18.0 Å². The number of methoxy groups -OCH3 is 1. The zero-order valence-electron chi connectivity index (χ0n) is 18.1. The lowest BCUT2D eigenvalue weighted by Crippen LogP contribution is -2.38. The van der Waals surface area contributed by atoms with E-state index in [1.807, 2.05) is 13.8 Å². The van der Waals surface area contributed by atoms with Crippen molar-refractivity contribution in [1.82, 2.24) is 4.90 Å². The summed E-state index contributed by atoms with van der Waals surface area (Å²) in [6.07, 6.45) is -5.53. The number of hydrogen-bond acceptors (Lipinski definition) is 8. The first-order chi connectivity index (χ1) is 14.2. The number of nitrogens with zero attached hydrogens (tertiary/aromatic N) is 1. The summed E-state index contributed by atoms with van der Waals surface area (Å²) < 4.78 is 54.7. The van der Waals surface area contributed by atoms with Crippen molar-refractivity contribution < 1.29 is 45.6 Å². The van der Waals surface area contributed by atoms with Gasteiger partial charge in [0.2, 0.25) is 0 Å². The zero-order chi connectivity index (χ0) is 23.8. The molecule has 8 nitrogen and oxygen atoms in total. The van der Waals surface area contributed by atoms with Crippen molar-refractivity contribution >= 4 is 24.4 Å². The number of amides is 1. The van der Waals surface area contributed by atoms with Gasteiger partial charge < -0.3 is 18.6 Å². The molecule has 0 N–H and O–H groups in total. The average Bonchev–Trinajstić information content (AvgIpc) is 2.62. The van der Waals surface area contributed by atoms with Crippen LogP contribution in [0.25, 0.3) is 0 Å². The van der Waals surface area contributed by atoms with Crippen LogP contribution < -0.4 is 4.18 Å². The fourth-order valence-corrected chi connectivity index (χ4v) is 2.66. The standard InChI is InChI=1S/C19H26F3NO7S/c1-12(2)10-23(17(25)27-18(3,4)5)11-13-7-8-15(14(9-13)16(24)26-6)28-31-30-29-19(20,21)22/h7-9,12H,10-11H2,1-6H3. The molecule has 1 aromatic rings. The molecule has 0 saturated heterocycles. The molecule has 1 aromatic carbocycles. The van der Waals surface area contributed by atoms with Crippen LogP contribution in [0.3, 0.4) is 0 Å². The van der Waals surface area contributed by atoms with Gasteiger partial charge in [0.05, 0.1) is 7.11 Å². The molecule has 1 rings (SSSR count). The molecule has 0 unspecified atom stereocenters. The molecule has 176 valence electrons. The minimum Gasteiger partial charge on any atom is -0.465 e. The highest BCUT2D eigenvalue weighted by molar-refractivity contribution is 7.90. The number of esters is 1. The SMILES string of the molecule is COC(=O)c1cc(CN(CC(C)C)C(=O)OC(C)(C)C)ccc1OSOOC(F)(F)F. The normalized spacial score (nSPS) is 11.9. The van der Waals surface area contributed by atoms with E-state index in [1.165, 1.54) is 17.0 Å². The van der Waals surface area contributed by atoms with E-state index in [-0.39, 0.29) is 36.1 Å². The Bertz CT molecular complexity index is 751. The Morgan fingerprint density at radius 2 is 1.81 bits per heavy atom. The van der Waals surface area contributed by atoms with E-state index in [2.05, 4.69) is 14.0 Å². The summed E-state index contributed by atoms with van der Waals surface area (Å²) in [4.78, 5) is 29.3. The predicted octanol–water partition coefficient (Wildman–Crippen LogP) is 5.28. The van der Waals surface area contributed by atoms with Crippen molar-refractivity contribution in [3.8, 4) is 5.75 Å². The quantitative estimate of drug-likeness (QED) is 0.159. The Labute approximate surface area is 183 Å². The van der Waals surface area contributed by atoms with Crippen molar-refractivity contribution in [1.29, 1.82) is 0 Å². The van der Waals surface area contributed by atoms with Gasteiger partial charge in [-0.1, -0.05) is 19.9 Å². The van der Waals surface area contributed by atoms with Gasteiger partial charge in [0.25, 0.3) is 12.3 Å². The van der Waals surface area contributed by atoms with Crippen LogP contribution in [0.5, 0.6) is 5.75 Å². The Morgan fingerprint density at radius 1 is 1.16 bits per heavy atom. The largest absolute Gasteiger partial charge is 0.550 e. The summed E-state index contributed by atoms with van der Waals surface area (Å²) in [5, 5.41) is 0. The number of benzene rings is 1. The molecule has 0 radical (unpaired) electrons. The molecule has 0 heterocycles. The summed E-state index contributed by atoms with van der Waals surface area (Å²) in [6.45, 7) is 9.66. The number of hydrogen-bond donors (Lipinski definition) is 0. The van der Waals surface area contributed by atoms with E-state index in [9.17, 15) is 22.8 Å². The maximum absolute atomic E-state index is 12.6. The van der Waals surface area contributed by atoms with Gasteiger partial charge in [-0.05, 0) is 44.4 Å². The van der Waals surface area contributed by atoms with Crippen LogP contribution in [-0.4, -0.2) is 42.6 Å². The van der Waals surface area contributed by atoms with Crippen molar-refractivity contribution in [3.05, 3.63) is 29.3 Å². The van der Waals surface area contributed by atoms with Gasteiger partial charge in [0, 0.05) is 13.1 Å². The van der Waals surface area contributed by atoms with Crippen molar-refractivity contribution in [2.75, 3.05) is 13.7 Å². The molecule has 0 aliphatic heterocycles. The Kier molecular flexibility index (Phi) is 9.91. The summed E-state index contributed by atoms with van der Waals surface area (Å²) in [5.74, 6) is -0.752. The summed E-state index contributed by atoms with van der Waals surface area (Å²) in [6, 6.07) is 4.29. The van der Waals surface area contributed by atoms with Gasteiger partial charge in [0.15, 0.2) is 5.75 Å². The fourth-order valence-electron chi connectivity index (χ4n) is 2.31. The zero-order valence-corrected chi connectivity index (χ0v) is 18.9. The molecule has 0 fully saturated rings. The second-order valence-corrected chi connectivity index (χ2v) is 8.26. The number of carbonyl (C=O) groups excluding carboxylic acids is 2. The number of rotatable bonds is 9. The first kappa shape index (κ1) is 26.9. The molecule has 1 amide bonds.